The first-order valence-corrected chi connectivity index (χ1v) is 8.95. The van der Waals surface area contributed by atoms with Gasteiger partial charge in [-0.25, -0.2) is 9.97 Å². The number of nitrogens with two attached hydrogens (primary N) is 1. The molecule has 3 N–H and O–H groups in total. The van der Waals surface area contributed by atoms with Gasteiger partial charge in [0.15, 0.2) is 5.13 Å². The van der Waals surface area contributed by atoms with E-state index in [0.29, 0.717) is 16.5 Å². The van der Waals surface area contributed by atoms with Gasteiger partial charge in [-0.3, -0.25) is 14.9 Å². The fraction of sp³-hybridized carbons (Fsp3) is 0.125. The second-order valence-electron chi connectivity index (χ2n) is 5.01. The zero-order valence-electron chi connectivity index (χ0n) is 13.2. The summed E-state index contributed by atoms with van der Waals surface area (Å²) in [5.41, 5.74) is 6.87. The molecule has 0 saturated heterocycles. The van der Waals surface area contributed by atoms with Crippen LogP contribution in [0.1, 0.15) is 16.2 Å². The Kier molecular flexibility index (Phi) is 5.05. The number of nitrogens with one attached hydrogen (secondary N) is 1. The maximum atomic E-state index is 12.3. The summed E-state index contributed by atoms with van der Waals surface area (Å²) in [4.78, 5) is 31.7. The number of methoxy groups -OCH3 is 1. The average molecular weight is 374 g/mol. The van der Waals surface area contributed by atoms with Gasteiger partial charge in [-0.15, -0.1) is 22.7 Å². The molecule has 0 aliphatic rings. The third-order valence-electron chi connectivity index (χ3n) is 3.20. The average Bonchev–Trinajstić information content (AvgIpc) is 3.24. The minimum Gasteiger partial charge on any atom is -0.497 e. The number of amides is 2. The fourth-order valence-electron chi connectivity index (χ4n) is 2.03. The number of thiazole rings is 2. The number of hydrogen-bond donors (Lipinski definition) is 2. The van der Waals surface area contributed by atoms with Gasteiger partial charge in [0.25, 0.3) is 5.91 Å². The molecule has 0 atom stereocenters. The van der Waals surface area contributed by atoms with Crippen molar-refractivity contribution in [3.8, 4) is 16.3 Å². The maximum Gasteiger partial charge on any atom is 0.276 e. The molecule has 3 aromatic rings. The molecule has 128 valence electrons. The van der Waals surface area contributed by atoms with Gasteiger partial charge in [0, 0.05) is 16.3 Å². The Morgan fingerprint density at radius 1 is 1.16 bits per heavy atom. The van der Waals surface area contributed by atoms with E-state index in [2.05, 4.69) is 15.3 Å². The molecule has 0 fully saturated rings. The lowest BCUT2D eigenvalue weighted by molar-refractivity contribution is -0.117. The first kappa shape index (κ1) is 17.1. The monoisotopic (exact) mass is 374 g/mol. The molecule has 0 radical (unpaired) electrons. The van der Waals surface area contributed by atoms with Crippen LogP contribution < -0.4 is 15.8 Å². The van der Waals surface area contributed by atoms with Crippen molar-refractivity contribution in [2.75, 3.05) is 12.4 Å². The van der Waals surface area contributed by atoms with Crippen molar-refractivity contribution in [1.82, 2.24) is 9.97 Å². The molecular weight excluding hydrogens is 360 g/mol. The van der Waals surface area contributed by atoms with Crippen LogP contribution in [0.4, 0.5) is 5.13 Å². The minimum atomic E-state index is -0.466. The highest BCUT2D eigenvalue weighted by atomic mass is 32.1. The van der Waals surface area contributed by atoms with E-state index < -0.39 is 5.91 Å². The second-order valence-corrected chi connectivity index (χ2v) is 6.72. The number of anilines is 1. The number of carbonyl (C=O) groups is 2. The molecule has 7 nitrogen and oxygen atoms in total. The van der Waals surface area contributed by atoms with Crippen LogP contribution in [-0.4, -0.2) is 28.9 Å². The molecule has 0 unspecified atom stereocenters. The van der Waals surface area contributed by atoms with Gasteiger partial charge in [0.2, 0.25) is 5.91 Å². The van der Waals surface area contributed by atoms with Crippen LogP contribution in [0.3, 0.4) is 0 Å². The van der Waals surface area contributed by atoms with Gasteiger partial charge >= 0.3 is 0 Å². The second kappa shape index (κ2) is 7.41. The lowest BCUT2D eigenvalue weighted by Crippen LogP contribution is -2.14. The van der Waals surface area contributed by atoms with E-state index in [0.717, 1.165) is 16.3 Å². The molecule has 1 aromatic carbocycles. The largest absolute Gasteiger partial charge is 0.497 e. The van der Waals surface area contributed by atoms with Crippen LogP contribution in [0.5, 0.6) is 5.75 Å². The molecule has 2 heterocycles. The van der Waals surface area contributed by atoms with Gasteiger partial charge in [-0.2, -0.15) is 0 Å². The zero-order chi connectivity index (χ0) is 17.8. The molecule has 2 amide bonds. The Balaban J connectivity index is 1.69. The van der Waals surface area contributed by atoms with Crippen LogP contribution in [0.2, 0.25) is 0 Å². The highest BCUT2D eigenvalue weighted by Crippen LogP contribution is 2.26. The molecular formula is C16H14N4O3S2. The summed E-state index contributed by atoms with van der Waals surface area (Å²) in [7, 11) is 1.61. The summed E-state index contributed by atoms with van der Waals surface area (Å²) in [6.07, 6.45) is 0.0463. The van der Waals surface area contributed by atoms with Gasteiger partial charge in [0.05, 0.1) is 19.2 Å². The number of carbonyl (C=O) groups excluding carboxylic acids is 2. The number of rotatable bonds is 6. The summed E-state index contributed by atoms with van der Waals surface area (Å²) in [6.45, 7) is 0. The molecule has 2 aromatic heterocycles. The van der Waals surface area contributed by atoms with Crippen molar-refractivity contribution < 1.29 is 14.3 Å². The number of nitrogens with zero attached hydrogens (tertiary/aromatic N) is 2. The topological polar surface area (TPSA) is 107 Å². The molecule has 0 saturated carbocycles. The molecule has 0 bridgehead atoms. The predicted molar refractivity (Wildman–Crippen MR) is 97.1 cm³/mol. The van der Waals surface area contributed by atoms with Crippen molar-refractivity contribution in [3.63, 3.8) is 0 Å². The molecule has 3 rings (SSSR count). The lowest BCUT2D eigenvalue weighted by Gasteiger charge is -2.00. The van der Waals surface area contributed by atoms with Crippen LogP contribution in [-0.2, 0) is 11.2 Å². The number of ether oxygens (including phenoxy) is 1. The summed E-state index contributed by atoms with van der Waals surface area (Å²) < 4.78 is 5.13. The molecule has 9 heteroatoms. The Morgan fingerprint density at radius 2 is 1.92 bits per heavy atom. The fourth-order valence-corrected chi connectivity index (χ4v) is 3.54. The van der Waals surface area contributed by atoms with E-state index >= 15 is 0 Å². The van der Waals surface area contributed by atoms with Crippen LogP contribution in [0.15, 0.2) is 35.0 Å². The van der Waals surface area contributed by atoms with Crippen LogP contribution in [0.25, 0.3) is 10.6 Å². The number of primary amides is 1. The third-order valence-corrected chi connectivity index (χ3v) is 4.90. The molecule has 0 aliphatic carbocycles. The normalized spacial score (nSPS) is 10.4. The van der Waals surface area contributed by atoms with Gasteiger partial charge in [-0.1, -0.05) is 0 Å². The van der Waals surface area contributed by atoms with Crippen molar-refractivity contribution >= 4 is 39.6 Å². The first-order chi connectivity index (χ1) is 12.0. The Bertz CT molecular complexity index is 902. The van der Waals surface area contributed by atoms with Crippen molar-refractivity contribution in [1.29, 1.82) is 0 Å². The van der Waals surface area contributed by atoms with E-state index in [1.807, 2.05) is 24.3 Å². The smallest absolute Gasteiger partial charge is 0.276 e. The Hall–Kier alpha value is -2.78. The molecule has 0 spiro atoms. The van der Waals surface area contributed by atoms with E-state index in [1.54, 1.807) is 17.9 Å². The van der Waals surface area contributed by atoms with Crippen LogP contribution in [0, 0.1) is 0 Å². The predicted octanol–water partition coefficient (Wildman–Crippen LogP) is 2.56. The maximum absolute atomic E-state index is 12.3. The minimum absolute atomic E-state index is 0.0463. The number of aromatic nitrogens is 2. The highest BCUT2D eigenvalue weighted by Gasteiger charge is 2.14. The van der Waals surface area contributed by atoms with E-state index in [4.69, 9.17) is 10.5 Å². The van der Waals surface area contributed by atoms with Gasteiger partial charge < -0.3 is 10.5 Å². The molecule has 0 aliphatic heterocycles. The van der Waals surface area contributed by atoms with Crippen LogP contribution >= 0.6 is 22.7 Å². The van der Waals surface area contributed by atoms with Gasteiger partial charge in [-0.05, 0) is 24.3 Å². The van der Waals surface area contributed by atoms with Crippen molar-refractivity contribution in [3.05, 3.63) is 46.4 Å². The lowest BCUT2D eigenvalue weighted by atomic mass is 10.2. The van der Waals surface area contributed by atoms with Crippen molar-refractivity contribution in [2.24, 2.45) is 5.73 Å². The SMILES string of the molecule is COc1ccc(-c2nc(C(=O)Nc3nc(CC(N)=O)cs3)cs2)cc1. The summed E-state index contributed by atoms with van der Waals surface area (Å²) in [5, 5.41) is 7.19. The van der Waals surface area contributed by atoms with E-state index in [1.165, 1.54) is 22.7 Å². The highest BCUT2D eigenvalue weighted by molar-refractivity contribution is 7.14. The Labute approximate surface area is 151 Å². The van der Waals surface area contributed by atoms with Crippen molar-refractivity contribution in [2.45, 2.75) is 6.42 Å². The first-order valence-electron chi connectivity index (χ1n) is 7.19. The molecule has 25 heavy (non-hydrogen) atoms. The summed E-state index contributed by atoms with van der Waals surface area (Å²) >= 11 is 2.61. The summed E-state index contributed by atoms with van der Waals surface area (Å²) in [6, 6.07) is 7.45. The number of benzene rings is 1. The van der Waals surface area contributed by atoms with Gasteiger partial charge in [0.1, 0.15) is 16.5 Å². The van der Waals surface area contributed by atoms with E-state index in [9.17, 15) is 9.59 Å². The van der Waals surface area contributed by atoms with E-state index in [-0.39, 0.29) is 12.3 Å². The third kappa shape index (κ3) is 4.20. The Morgan fingerprint density at radius 3 is 2.60 bits per heavy atom. The number of hydrogen-bond acceptors (Lipinski definition) is 7. The zero-order valence-corrected chi connectivity index (χ0v) is 14.8. The standard InChI is InChI=1S/C16H14N4O3S2/c1-23-11-4-2-9(3-5-11)15-19-12(8-24-15)14(22)20-16-18-10(7-25-16)6-13(17)21/h2-5,7-8H,6H2,1H3,(H2,17,21)(H,18,20,22). The quantitative estimate of drug-likeness (QED) is 0.689. The summed E-state index contributed by atoms with van der Waals surface area (Å²) in [5.74, 6) is -0.0587.